The molecule has 0 N–H and O–H groups in total. The molecular formula is C27H37N3O2. The van der Waals surface area contributed by atoms with Gasteiger partial charge in [0.2, 0.25) is 5.91 Å². The quantitative estimate of drug-likeness (QED) is 0.685. The molecule has 1 spiro atoms. The van der Waals surface area contributed by atoms with E-state index in [-0.39, 0.29) is 11.3 Å². The third-order valence-corrected chi connectivity index (χ3v) is 7.21. The second-order valence-electron chi connectivity index (χ2n) is 9.65. The Morgan fingerprint density at radius 2 is 1.84 bits per heavy atom. The second kappa shape index (κ2) is 11.0. The molecule has 0 bridgehead atoms. The van der Waals surface area contributed by atoms with E-state index in [4.69, 9.17) is 4.74 Å². The maximum Gasteiger partial charge on any atom is 0.222 e. The van der Waals surface area contributed by atoms with Gasteiger partial charge in [0, 0.05) is 39.0 Å². The van der Waals surface area contributed by atoms with Crippen LogP contribution in [0.15, 0.2) is 48.8 Å². The van der Waals surface area contributed by atoms with Gasteiger partial charge in [-0.2, -0.15) is 0 Å². The van der Waals surface area contributed by atoms with Gasteiger partial charge in [-0.15, -0.1) is 0 Å². The first-order valence-electron chi connectivity index (χ1n) is 12.2. The lowest BCUT2D eigenvalue weighted by Crippen LogP contribution is -2.46. The Hall–Kier alpha value is -2.40. The van der Waals surface area contributed by atoms with Crippen LogP contribution in [0, 0.1) is 5.41 Å². The molecule has 5 heteroatoms. The van der Waals surface area contributed by atoms with Crippen molar-refractivity contribution in [3.05, 3.63) is 59.9 Å². The fourth-order valence-corrected chi connectivity index (χ4v) is 5.28. The summed E-state index contributed by atoms with van der Waals surface area (Å²) in [5.74, 6) is 1.24. The van der Waals surface area contributed by atoms with Crippen molar-refractivity contribution in [2.45, 2.75) is 57.9 Å². The van der Waals surface area contributed by atoms with Gasteiger partial charge in [0.15, 0.2) is 0 Å². The maximum absolute atomic E-state index is 12.8. The van der Waals surface area contributed by atoms with Crippen LogP contribution < -0.4 is 4.74 Å². The standard InChI is InChI=1S/C27H37N3O2/c1-29-22-27(14-17-30(18-15-27)21-23-8-6-16-28-20-23)13-5-4-10-24-9-2-3-11-25(24)32-19-7-12-26(29)31/h2-3,6,8-9,11,16,20H,4-5,7,10,12-15,17-19,21-22H2,1H3. The number of aromatic nitrogens is 1. The van der Waals surface area contributed by atoms with E-state index in [9.17, 15) is 4.79 Å². The summed E-state index contributed by atoms with van der Waals surface area (Å²) in [7, 11) is 1.99. The van der Waals surface area contributed by atoms with Crippen molar-refractivity contribution < 1.29 is 9.53 Å². The van der Waals surface area contributed by atoms with E-state index in [1.165, 1.54) is 30.4 Å². The number of benzene rings is 1. The molecular weight excluding hydrogens is 398 g/mol. The third kappa shape index (κ3) is 6.10. The second-order valence-corrected chi connectivity index (χ2v) is 9.65. The molecule has 32 heavy (non-hydrogen) atoms. The van der Waals surface area contributed by atoms with E-state index in [2.05, 4.69) is 34.1 Å². The van der Waals surface area contributed by atoms with Crippen molar-refractivity contribution in [2.24, 2.45) is 5.41 Å². The van der Waals surface area contributed by atoms with Gasteiger partial charge >= 0.3 is 0 Å². The Bertz CT molecular complexity index is 862. The number of likely N-dealkylation sites (tertiary alicyclic amines) is 1. The molecule has 0 saturated carbocycles. The molecule has 2 aromatic rings. The Morgan fingerprint density at radius 3 is 2.66 bits per heavy atom. The fourth-order valence-electron chi connectivity index (χ4n) is 5.28. The van der Waals surface area contributed by atoms with Crippen LogP contribution in [-0.4, -0.2) is 54.0 Å². The van der Waals surface area contributed by atoms with Gasteiger partial charge in [0.25, 0.3) is 0 Å². The van der Waals surface area contributed by atoms with E-state index in [1.807, 2.05) is 36.5 Å². The lowest BCUT2D eigenvalue weighted by Gasteiger charge is -2.44. The van der Waals surface area contributed by atoms with Crippen molar-refractivity contribution in [3.63, 3.8) is 0 Å². The highest BCUT2D eigenvalue weighted by atomic mass is 16.5. The molecule has 2 aliphatic heterocycles. The normalized spacial score (nSPS) is 20.9. The molecule has 2 aliphatic rings. The molecule has 0 aliphatic carbocycles. The summed E-state index contributed by atoms with van der Waals surface area (Å²) in [5, 5.41) is 0. The smallest absolute Gasteiger partial charge is 0.222 e. The Labute approximate surface area is 192 Å². The number of hydrogen-bond donors (Lipinski definition) is 0. The number of piperidine rings is 1. The summed E-state index contributed by atoms with van der Waals surface area (Å²) in [5.41, 5.74) is 2.81. The van der Waals surface area contributed by atoms with Crippen LogP contribution >= 0.6 is 0 Å². The van der Waals surface area contributed by atoms with E-state index in [0.717, 1.165) is 57.6 Å². The van der Waals surface area contributed by atoms with E-state index >= 15 is 0 Å². The minimum atomic E-state index is 0.232. The van der Waals surface area contributed by atoms with Crippen molar-refractivity contribution in [1.82, 2.24) is 14.8 Å². The summed E-state index contributed by atoms with van der Waals surface area (Å²) in [6.45, 7) is 4.63. The van der Waals surface area contributed by atoms with Crippen molar-refractivity contribution >= 4 is 5.91 Å². The number of carbonyl (C=O) groups excluding carboxylic acids is 1. The zero-order valence-electron chi connectivity index (χ0n) is 19.5. The van der Waals surface area contributed by atoms with E-state index in [1.54, 1.807) is 0 Å². The molecule has 0 atom stereocenters. The van der Waals surface area contributed by atoms with Crippen LogP contribution in [0.5, 0.6) is 5.75 Å². The largest absolute Gasteiger partial charge is 0.493 e. The number of rotatable bonds is 2. The summed E-state index contributed by atoms with van der Waals surface area (Å²) in [6, 6.07) is 12.6. The summed E-state index contributed by atoms with van der Waals surface area (Å²) in [6.07, 6.45) is 12.1. The summed E-state index contributed by atoms with van der Waals surface area (Å²) >= 11 is 0. The monoisotopic (exact) mass is 435 g/mol. The number of pyridine rings is 1. The van der Waals surface area contributed by atoms with Crippen LogP contribution in [-0.2, 0) is 17.8 Å². The summed E-state index contributed by atoms with van der Waals surface area (Å²) < 4.78 is 6.01. The lowest BCUT2D eigenvalue weighted by molar-refractivity contribution is -0.132. The van der Waals surface area contributed by atoms with Crippen molar-refractivity contribution in [2.75, 3.05) is 33.3 Å². The highest BCUT2D eigenvalue weighted by Crippen LogP contribution is 2.38. The molecule has 172 valence electrons. The number of fused-ring (bicyclic) bond motifs is 1. The van der Waals surface area contributed by atoms with Crippen molar-refractivity contribution in [3.8, 4) is 5.75 Å². The number of amides is 1. The number of carbonyl (C=O) groups is 1. The number of ether oxygens (including phenoxy) is 1. The third-order valence-electron chi connectivity index (χ3n) is 7.21. The van der Waals surface area contributed by atoms with Gasteiger partial charge in [-0.05, 0) is 80.3 Å². The molecule has 1 amide bonds. The first-order valence-corrected chi connectivity index (χ1v) is 12.2. The molecule has 1 aromatic heterocycles. The molecule has 0 unspecified atom stereocenters. The lowest BCUT2D eigenvalue weighted by atomic mass is 9.73. The van der Waals surface area contributed by atoms with E-state index in [0.29, 0.717) is 13.0 Å². The predicted octanol–water partition coefficient (Wildman–Crippen LogP) is 4.71. The highest BCUT2D eigenvalue weighted by molar-refractivity contribution is 5.75. The average molecular weight is 436 g/mol. The molecule has 3 heterocycles. The number of hydrogen-bond acceptors (Lipinski definition) is 4. The fraction of sp³-hybridized carbons (Fsp3) is 0.556. The van der Waals surface area contributed by atoms with Crippen LogP contribution in [0.1, 0.15) is 56.1 Å². The van der Waals surface area contributed by atoms with Crippen LogP contribution in [0.3, 0.4) is 0 Å². The zero-order chi connectivity index (χ0) is 22.2. The van der Waals surface area contributed by atoms with Gasteiger partial charge in [-0.1, -0.05) is 30.7 Å². The van der Waals surface area contributed by atoms with Gasteiger partial charge in [-0.3, -0.25) is 14.7 Å². The molecule has 1 saturated heterocycles. The summed E-state index contributed by atoms with van der Waals surface area (Å²) in [4.78, 5) is 21.6. The SMILES string of the molecule is CN1CC2(CCCCc3ccccc3OCCCC1=O)CCN(Cc1cccnc1)CC2. The van der Waals surface area contributed by atoms with E-state index < -0.39 is 0 Å². The maximum atomic E-state index is 12.8. The Kier molecular flexibility index (Phi) is 7.80. The molecule has 1 fully saturated rings. The number of nitrogens with zero attached hydrogens (tertiary/aromatic N) is 3. The van der Waals surface area contributed by atoms with Crippen LogP contribution in [0.2, 0.25) is 0 Å². The topological polar surface area (TPSA) is 45.7 Å². The van der Waals surface area contributed by atoms with Gasteiger partial charge in [0.05, 0.1) is 6.61 Å². The predicted molar refractivity (Wildman–Crippen MR) is 128 cm³/mol. The molecule has 5 nitrogen and oxygen atoms in total. The molecule has 4 rings (SSSR count). The molecule has 0 radical (unpaired) electrons. The number of para-hydroxylation sites is 1. The minimum Gasteiger partial charge on any atom is -0.493 e. The Morgan fingerprint density at radius 1 is 1.00 bits per heavy atom. The molecule has 1 aromatic carbocycles. The minimum absolute atomic E-state index is 0.232. The van der Waals surface area contributed by atoms with Crippen LogP contribution in [0.4, 0.5) is 0 Å². The highest BCUT2D eigenvalue weighted by Gasteiger charge is 2.36. The first-order chi connectivity index (χ1) is 15.6. The van der Waals surface area contributed by atoms with Crippen LogP contribution in [0.25, 0.3) is 0 Å². The average Bonchev–Trinajstić information content (AvgIpc) is 2.82. The first kappa shape index (κ1) is 22.8. The van der Waals surface area contributed by atoms with Gasteiger partial charge < -0.3 is 9.64 Å². The zero-order valence-corrected chi connectivity index (χ0v) is 19.5. The van der Waals surface area contributed by atoms with Gasteiger partial charge in [0.1, 0.15) is 5.75 Å². The van der Waals surface area contributed by atoms with Crippen molar-refractivity contribution in [1.29, 1.82) is 0 Å². The van der Waals surface area contributed by atoms with Gasteiger partial charge in [-0.25, -0.2) is 0 Å². The Balaban J connectivity index is 1.41. The number of aryl methyl sites for hydroxylation is 1.